The van der Waals surface area contributed by atoms with Crippen LogP contribution in [-0.2, 0) is 29.2 Å². The second-order valence-corrected chi connectivity index (χ2v) is 9.16. The van der Waals surface area contributed by atoms with Crippen molar-refractivity contribution in [2.45, 2.75) is 24.4 Å². The van der Waals surface area contributed by atoms with E-state index in [0.29, 0.717) is 38.8 Å². The predicted molar refractivity (Wildman–Crippen MR) is 129 cm³/mol. The Balaban J connectivity index is 1.36. The van der Waals surface area contributed by atoms with Crippen LogP contribution in [0.25, 0.3) is 0 Å². The van der Waals surface area contributed by atoms with Gasteiger partial charge in [-0.3, -0.25) is 0 Å². The monoisotopic (exact) mass is 502 g/mol. The van der Waals surface area contributed by atoms with Crippen LogP contribution in [0.1, 0.15) is 18.4 Å². The van der Waals surface area contributed by atoms with Crippen LogP contribution >= 0.6 is 0 Å². The van der Waals surface area contributed by atoms with Crippen molar-refractivity contribution in [2.24, 2.45) is 11.8 Å². The molecule has 0 amide bonds. The molecule has 0 unspecified atom stereocenters. The number of hydrogen-bond donors (Lipinski definition) is 0. The molecule has 2 aliphatic rings. The van der Waals surface area contributed by atoms with Gasteiger partial charge in [0, 0.05) is 11.3 Å². The molecule has 1 saturated carbocycles. The summed E-state index contributed by atoms with van der Waals surface area (Å²) in [5.74, 6) is 0.0104. The first kappa shape index (κ1) is 26.3. The summed E-state index contributed by atoms with van der Waals surface area (Å²) < 4.78 is 54.3. The molecule has 1 aliphatic carbocycles. The van der Waals surface area contributed by atoms with Gasteiger partial charge in [0.15, 0.2) is 0 Å². The zero-order valence-electron chi connectivity index (χ0n) is 20.4. The molecule has 2 bridgehead atoms. The third kappa shape index (κ3) is 6.30. The van der Waals surface area contributed by atoms with Gasteiger partial charge in [0.2, 0.25) is 0 Å². The van der Waals surface area contributed by atoms with Crippen molar-refractivity contribution in [3.8, 4) is 5.75 Å². The average Bonchev–Trinajstić information content (AvgIpc) is 3.45. The number of rotatable bonds is 13. The number of fused-ring (bicyclic) bond motifs is 2. The van der Waals surface area contributed by atoms with Crippen molar-refractivity contribution in [3.05, 3.63) is 77.9 Å². The van der Waals surface area contributed by atoms with Crippen LogP contribution in [0.2, 0.25) is 0 Å². The highest BCUT2D eigenvalue weighted by Gasteiger charge is 2.59. The van der Waals surface area contributed by atoms with E-state index in [9.17, 15) is 13.6 Å². The van der Waals surface area contributed by atoms with Crippen molar-refractivity contribution < 1.29 is 37.3 Å². The number of carbonyl (C=O) groups is 1. The molecule has 0 N–H and O–H groups in total. The van der Waals surface area contributed by atoms with Crippen LogP contribution in [0, 0.1) is 23.5 Å². The molecule has 2 aromatic rings. The number of methoxy groups -OCH3 is 1. The van der Waals surface area contributed by atoms with Gasteiger partial charge >= 0.3 is 5.97 Å². The zero-order chi connectivity index (χ0) is 25.4. The molecule has 6 nitrogen and oxygen atoms in total. The van der Waals surface area contributed by atoms with Crippen molar-refractivity contribution in [1.82, 2.24) is 0 Å². The van der Waals surface area contributed by atoms with Crippen LogP contribution in [0.5, 0.6) is 5.75 Å². The highest BCUT2D eigenvalue weighted by atomic mass is 19.1. The van der Waals surface area contributed by atoms with Crippen molar-refractivity contribution >= 4 is 5.97 Å². The number of ether oxygens (including phenoxy) is 5. The van der Waals surface area contributed by atoms with E-state index < -0.39 is 5.97 Å². The fraction of sp³-hybridized carbons (Fsp3) is 0.464. The van der Waals surface area contributed by atoms with Crippen LogP contribution in [0.4, 0.5) is 8.78 Å². The minimum Gasteiger partial charge on any atom is -0.491 e. The van der Waals surface area contributed by atoms with Crippen molar-refractivity contribution in [1.29, 1.82) is 0 Å². The van der Waals surface area contributed by atoms with Gasteiger partial charge in [-0.05, 0) is 60.7 Å². The third-order valence-corrected chi connectivity index (χ3v) is 7.08. The van der Waals surface area contributed by atoms with E-state index in [4.69, 9.17) is 18.9 Å². The lowest BCUT2D eigenvalue weighted by atomic mass is 9.69. The van der Waals surface area contributed by atoms with Gasteiger partial charge in [0.1, 0.15) is 30.6 Å². The van der Waals surface area contributed by atoms with Crippen molar-refractivity contribution in [3.63, 3.8) is 0 Å². The Kier molecular flexibility index (Phi) is 9.07. The van der Waals surface area contributed by atoms with Crippen molar-refractivity contribution in [2.75, 3.05) is 46.8 Å². The fourth-order valence-corrected chi connectivity index (χ4v) is 5.30. The van der Waals surface area contributed by atoms with Gasteiger partial charge < -0.3 is 23.7 Å². The molecule has 4 atom stereocenters. The lowest BCUT2D eigenvalue weighted by molar-refractivity contribution is -0.145. The molecule has 194 valence electrons. The summed E-state index contributed by atoms with van der Waals surface area (Å²) in [5.41, 5.74) is 0.864. The van der Waals surface area contributed by atoms with E-state index in [-0.39, 0.29) is 41.6 Å². The summed E-state index contributed by atoms with van der Waals surface area (Å²) in [4.78, 5) is 11.2. The van der Waals surface area contributed by atoms with Gasteiger partial charge in [-0.2, -0.15) is 0 Å². The average molecular weight is 503 g/mol. The molecule has 0 radical (unpaired) electrons. The summed E-state index contributed by atoms with van der Waals surface area (Å²) in [6, 6.07) is 12.6. The highest BCUT2D eigenvalue weighted by Crippen LogP contribution is 2.56. The first-order chi connectivity index (χ1) is 17.5. The number of allylic oxidation sites excluding steroid dienone is 1. The molecule has 4 rings (SSSR count). The minimum absolute atomic E-state index is 0.0574. The molecule has 36 heavy (non-hydrogen) atoms. The molecule has 1 aliphatic heterocycles. The molecule has 0 aromatic heterocycles. The summed E-state index contributed by atoms with van der Waals surface area (Å²) >= 11 is 0. The second-order valence-electron chi connectivity index (χ2n) is 9.16. The van der Waals surface area contributed by atoms with Crippen LogP contribution < -0.4 is 4.74 Å². The zero-order valence-corrected chi connectivity index (χ0v) is 20.4. The van der Waals surface area contributed by atoms with E-state index in [1.54, 1.807) is 12.1 Å². The number of esters is 1. The van der Waals surface area contributed by atoms with E-state index >= 15 is 0 Å². The Hall–Kier alpha value is -2.81. The largest absolute Gasteiger partial charge is 0.491 e. The van der Waals surface area contributed by atoms with Crippen LogP contribution in [-0.4, -0.2) is 58.8 Å². The summed E-state index contributed by atoms with van der Waals surface area (Å²) in [7, 11) is 1.32. The minimum atomic E-state index is -0.412. The number of halogens is 2. The Morgan fingerprint density at radius 3 is 2.47 bits per heavy atom. The maximum Gasteiger partial charge on any atom is 0.331 e. The smallest absolute Gasteiger partial charge is 0.331 e. The molecule has 1 heterocycles. The maximum atomic E-state index is 13.6. The number of hydrogen-bond acceptors (Lipinski definition) is 6. The molecule has 2 aromatic carbocycles. The standard InChI is InChI=1S/C28H32F2O6/c1-32-27(31)18-33-13-3-2-4-25-24(17-34-14-15-35-23-11-9-22(30)10-12-23)26-16-28(25,19-36-26)20-5-7-21(29)8-6-20/h2-3,5-12,24-26H,4,13-19H2,1H3/b3-2+/t24-,25-,26-,28-/m0/s1. The van der Waals surface area contributed by atoms with Gasteiger partial charge in [0.25, 0.3) is 0 Å². The lowest BCUT2D eigenvalue weighted by Crippen LogP contribution is -2.41. The number of benzene rings is 2. The van der Waals surface area contributed by atoms with E-state index in [1.807, 2.05) is 18.2 Å². The first-order valence-corrected chi connectivity index (χ1v) is 12.1. The third-order valence-electron chi connectivity index (χ3n) is 7.08. The normalized spacial score (nSPS) is 24.9. The Bertz CT molecular complexity index is 1010. The quantitative estimate of drug-likeness (QED) is 0.229. The van der Waals surface area contributed by atoms with Gasteiger partial charge in [-0.25, -0.2) is 13.6 Å². The summed E-state index contributed by atoms with van der Waals surface area (Å²) in [6.45, 7) is 2.08. The topological polar surface area (TPSA) is 63.2 Å². The summed E-state index contributed by atoms with van der Waals surface area (Å²) in [6.07, 6.45) is 5.66. The van der Waals surface area contributed by atoms with Crippen LogP contribution in [0.15, 0.2) is 60.7 Å². The first-order valence-electron chi connectivity index (χ1n) is 12.1. The summed E-state index contributed by atoms with van der Waals surface area (Å²) in [5, 5.41) is 0. The van der Waals surface area contributed by atoms with Gasteiger partial charge in [-0.15, -0.1) is 0 Å². The lowest BCUT2D eigenvalue weighted by Gasteiger charge is -2.39. The molecule has 8 heteroatoms. The maximum absolute atomic E-state index is 13.6. The SMILES string of the molecule is COC(=O)COC/C=C/C[C@H]1[C@H](COCCOc2ccc(F)cc2)[C@@H]2C[C@@]1(c1ccc(F)cc1)CO2. The predicted octanol–water partition coefficient (Wildman–Crippen LogP) is 4.47. The Morgan fingerprint density at radius 2 is 1.75 bits per heavy atom. The fourth-order valence-electron chi connectivity index (χ4n) is 5.30. The second kappa shape index (κ2) is 12.4. The van der Waals surface area contributed by atoms with Gasteiger partial charge in [0.05, 0.1) is 39.6 Å². The molecule has 2 fully saturated rings. The molecular formula is C28H32F2O6. The number of carbonyl (C=O) groups excluding carboxylic acids is 1. The Morgan fingerprint density at radius 1 is 1.03 bits per heavy atom. The molecule has 1 saturated heterocycles. The molecule has 0 spiro atoms. The van der Waals surface area contributed by atoms with E-state index in [2.05, 4.69) is 10.8 Å². The van der Waals surface area contributed by atoms with Gasteiger partial charge in [-0.1, -0.05) is 24.3 Å². The van der Waals surface area contributed by atoms with E-state index in [1.165, 1.54) is 31.4 Å². The van der Waals surface area contributed by atoms with Crippen LogP contribution in [0.3, 0.4) is 0 Å². The van der Waals surface area contributed by atoms with E-state index in [0.717, 1.165) is 18.4 Å². The molecular weight excluding hydrogens is 470 g/mol. The highest BCUT2D eigenvalue weighted by molar-refractivity contribution is 5.70. The Labute approximate surface area is 210 Å².